The van der Waals surface area contributed by atoms with Gasteiger partial charge in [-0.3, -0.25) is 9.35 Å². The Labute approximate surface area is 172 Å². The minimum atomic E-state index is -4.12. The van der Waals surface area contributed by atoms with E-state index in [1.165, 1.54) is 11.3 Å². The molecule has 0 radical (unpaired) electrons. The molecule has 0 aliphatic rings. The van der Waals surface area contributed by atoms with E-state index in [-0.39, 0.29) is 18.9 Å². The van der Waals surface area contributed by atoms with Gasteiger partial charge in [0.05, 0.1) is 17.9 Å². The maximum Gasteiger partial charge on any atom is 0.266 e. The van der Waals surface area contributed by atoms with Crippen molar-refractivity contribution in [2.45, 2.75) is 6.42 Å². The van der Waals surface area contributed by atoms with Crippen molar-refractivity contribution >= 4 is 39.0 Å². The van der Waals surface area contributed by atoms with Crippen LogP contribution in [0.1, 0.15) is 4.88 Å². The maximum absolute atomic E-state index is 12.3. The molecule has 0 atom stereocenters. The van der Waals surface area contributed by atoms with Crippen LogP contribution in [-0.4, -0.2) is 36.2 Å². The number of carbonyl (C=O) groups excluding carboxylic acids is 1. The molecule has 2 aromatic carbocycles. The number of benzene rings is 2. The molecule has 1 aromatic heterocycles. The zero-order valence-corrected chi connectivity index (χ0v) is 17.0. The largest absolute Gasteiger partial charge is 0.355 e. The number of hydrogen-bond acceptors (Lipinski definition) is 5. The summed E-state index contributed by atoms with van der Waals surface area (Å²) in [6.07, 6.45) is 0.0495. The quantitative estimate of drug-likeness (QED) is 0.551. The minimum absolute atomic E-state index is 0.0495. The van der Waals surface area contributed by atoms with Crippen LogP contribution in [0.15, 0.2) is 54.6 Å². The number of amides is 1. The molecule has 0 aliphatic carbocycles. The van der Waals surface area contributed by atoms with Crippen LogP contribution in [0.2, 0.25) is 5.02 Å². The minimum Gasteiger partial charge on any atom is -0.355 e. The van der Waals surface area contributed by atoms with Gasteiger partial charge in [-0.15, -0.1) is 11.3 Å². The lowest BCUT2D eigenvalue weighted by atomic mass is 10.1. The summed E-state index contributed by atoms with van der Waals surface area (Å²) in [5.41, 5.74) is 2.47. The molecule has 3 aromatic rings. The van der Waals surface area contributed by atoms with Gasteiger partial charge in [0.15, 0.2) is 0 Å². The number of nitrogens with zero attached hydrogens (tertiary/aromatic N) is 1. The number of halogens is 1. The van der Waals surface area contributed by atoms with E-state index in [4.69, 9.17) is 21.1 Å². The first-order valence-electron chi connectivity index (χ1n) is 8.35. The van der Waals surface area contributed by atoms with E-state index in [0.717, 1.165) is 21.0 Å². The van der Waals surface area contributed by atoms with E-state index in [0.29, 0.717) is 10.7 Å². The van der Waals surface area contributed by atoms with E-state index in [1.54, 1.807) is 12.1 Å². The van der Waals surface area contributed by atoms with Crippen molar-refractivity contribution in [1.82, 2.24) is 10.3 Å². The summed E-state index contributed by atoms with van der Waals surface area (Å²) in [7, 11) is -4.12. The molecule has 3 rings (SSSR count). The van der Waals surface area contributed by atoms with Crippen molar-refractivity contribution in [3.8, 4) is 21.8 Å². The summed E-state index contributed by atoms with van der Waals surface area (Å²) < 4.78 is 30.3. The Morgan fingerprint density at radius 2 is 1.75 bits per heavy atom. The van der Waals surface area contributed by atoms with Gasteiger partial charge in [-0.1, -0.05) is 54.1 Å². The van der Waals surface area contributed by atoms with Gasteiger partial charge < -0.3 is 5.32 Å². The van der Waals surface area contributed by atoms with E-state index in [2.05, 4.69) is 5.32 Å². The molecule has 0 bridgehead atoms. The molecule has 6 nitrogen and oxygen atoms in total. The van der Waals surface area contributed by atoms with Crippen LogP contribution >= 0.6 is 22.9 Å². The highest BCUT2D eigenvalue weighted by atomic mass is 35.5. The maximum atomic E-state index is 12.3. The third-order valence-electron chi connectivity index (χ3n) is 3.84. The second kappa shape index (κ2) is 8.83. The molecule has 9 heteroatoms. The van der Waals surface area contributed by atoms with E-state index >= 15 is 0 Å². The monoisotopic (exact) mass is 436 g/mol. The molecule has 0 fully saturated rings. The van der Waals surface area contributed by atoms with Gasteiger partial charge in [0.1, 0.15) is 5.01 Å². The van der Waals surface area contributed by atoms with Crippen LogP contribution in [0, 0.1) is 0 Å². The first-order valence-corrected chi connectivity index (χ1v) is 11.1. The van der Waals surface area contributed by atoms with E-state index < -0.39 is 15.9 Å². The lowest BCUT2D eigenvalue weighted by Gasteiger charge is -2.05. The Bertz CT molecular complexity index is 1070. The van der Waals surface area contributed by atoms with Crippen molar-refractivity contribution < 1.29 is 17.8 Å². The Balaban J connectivity index is 1.86. The third-order valence-corrected chi connectivity index (χ3v) is 5.92. The smallest absolute Gasteiger partial charge is 0.266 e. The van der Waals surface area contributed by atoms with Crippen molar-refractivity contribution in [3.63, 3.8) is 0 Å². The van der Waals surface area contributed by atoms with Crippen LogP contribution in [0.5, 0.6) is 0 Å². The molecule has 0 spiro atoms. The molecule has 1 amide bonds. The molecule has 1 heterocycles. The van der Waals surface area contributed by atoms with Gasteiger partial charge in [-0.05, 0) is 12.1 Å². The lowest BCUT2D eigenvalue weighted by Crippen LogP contribution is -2.30. The molecular formula is C19H17ClN2O4S2. The number of carbonyl (C=O) groups is 1. The van der Waals surface area contributed by atoms with Crippen LogP contribution < -0.4 is 5.32 Å². The topological polar surface area (TPSA) is 96.4 Å². The van der Waals surface area contributed by atoms with Crippen molar-refractivity contribution in [2.24, 2.45) is 0 Å². The molecular weight excluding hydrogens is 420 g/mol. The molecule has 0 unspecified atom stereocenters. The van der Waals surface area contributed by atoms with Gasteiger partial charge in [0.25, 0.3) is 10.1 Å². The number of nitrogens with one attached hydrogen (secondary N) is 1. The standard InChI is InChI=1S/C19H17ClN2O4S2/c20-15-8-6-13(7-9-15)18-16(12-17(23)21-10-11-28(24,25)26)27-19(22-18)14-4-2-1-3-5-14/h1-9H,10-12H2,(H,21,23)(H,24,25,26). The molecule has 28 heavy (non-hydrogen) atoms. The van der Waals surface area contributed by atoms with Gasteiger partial charge in [0.2, 0.25) is 5.91 Å². The Morgan fingerprint density at radius 3 is 2.39 bits per heavy atom. The Morgan fingerprint density at radius 1 is 1.07 bits per heavy atom. The van der Waals surface area contributed by atoms with Crippen LogP contribution in [0.3, 0.4) is 0 Å². The number of thiazole rings is 1. The summed E-state index contributed by atoms with van der Waals surface area (Å²) in [4.78, 5) is 17.7. The molecule has 0 aliphatic heterocycles. The van der Waals surface area contributed by atoms with Crippen molar-refractivity contribution in [3.05, 3.63) is 64.5 Å². The van der Waals surface area contributed by atoms with Crippen LogP contribution in [0.4, 0.5) is 0 Å². The average Bonchev–Trinajstić information content (AvgIpc) is 3.06. The average molecular weight is 437 g/mol. The number of rotatable bonds is 7. The fraction of sp³-hybridized carbons (Fsp3) is 0.158. The normalized spacial score (nSPS) is 11.4. The van der Waals surface area contributed by atoms with E-state index in [1.807, 2.05) is 42.5 Å². The zero-order chi connectivity index (χ0) is 20.1. The Hall–Kier alpha value is -2.26. The fourth-order valence-corrected chi connectivity index (χ4v) is 4.11. The molecule has 146 valence electrons. The highest BCUT2D eigenvalue weighted by Crippen LogP contribution is 2.34. The third kappa shape index (κ3) is 5.62. The van der Waals surface area contributed by atoms with Crippen LogP contribution in [0.25, 0.3) is 21.8 Å². The SMILES string of the molecule is O=C(Cc1sc(-c2ccccc2)nc1-c1ccc(Cl)cc1)NCCS(=O)(=O)O. The first kappa shape index (κ1) is 20.5. The summed E-state index contributed by atoms with van der Waals surface area (Å²) >= 11 is 7.37. The fourth-order valence-electron chi connectivity index (χ4n) is 2.54. The van der Waals surface area contributed by atoms with E-state index in [9.17, 15) is 13.2 Å². The second-order valence-corrected chi connectivity index (χ2v) is 9.07. The predicted molar refractivity (Wildman–Crippen MR) is 111 cm³/mol. The van der Waals surface area contributed by atoms with Gasteiger partial charge >= 0.3 is 0 Å². The Kier molecular flexibility index (Phi) is 6.46. The highest BCUT2D eigenvalue weighted by Gasteiger charge is 2.17. The van der Waals surface area contributed by atoms with Gasteiger partial charge in [-0.25, -0.2) is 4.98 Å². The van der Waals surface area contributed by atoms with Crippen molar-refractivity contribution in [1.29, 1.82) is 0 Å². The molecule has 0 saturated heterocycles. The lowest BCUT2D eigenvalue weighted by molar-refractivity contribution is -0.120. The zero-order valence-electron chi connectivity index (χ0n) is 14.6. The van der Waals surface area contributed by atoms with Gasteiger partial charge in [0, 0.05) is 27.6 Å². The predicted octanol–water partition coefficient (Wildman–Crippen LogP) is 3.68. The summed E-state index contributed by atoms with van der Waals surface area (Å²) in [5, 5.41) is 3.89. The number of hydrogen-bond donors (Lipinski definition) is 2. The van der Waals surface area contributed by atoms with Gasteiger partial charge in [-0.2, -0.15) is 8.42 Å². The number of aromatic nitrogens is 1. The molecule has 2 N–H and O–H groups in total. The second-order valence-electron chi connectivity index (χ2n) is 5.98. The summed E-state index contributed by atoms with van der Waals surface area (Å²) in [5.74, 6) is -0.872. The summed E-state index contributed by atoms with van der Waals surface area (Å²) in [6, 6.07) is 16.8. The van der Waals surface area contributed by atoms with Crippen molar-refractivity contribution in [2.75, 3.05) is 12.3 Å². The highest BCUT2D eigenvalue weighted by molar-refractivity contribution is 7.85. The first-order chi connectivity index (χ1) is 13.3. The summed E-state index contributed by atoms with van der Waals surface area (Å²) in [6.45, 7) is -0.154. The van der Waals surface area contributed by atoms with Crippen LogP contribution in [-0.2, 0) is 21.3 Å². The molecule has 0 saturated carbocycles.